The molecule has 2 heterocycles. The third kappa shape index (κ3) is 4.48. The third-order valence-corrected chi connectivity index (χ3v) is 7.70. The molecule has 31 heavy (non-hydrogen) atoms. The maximum atomic E-state index is 12.9. The molecule has 0 unspecified atom stereocenters. The normalized spacial score (nSPS) is 17.6. The highest BCUT2D eigenvalue weighted by Crippen LogP contribution is 2.33. The van der Waals surface area contributed by atoms with Crippen molar-refractivity contribution in [2.45, 2.75) is 43.2 Å². The van der Waals surface area contributed by atoms with E-state index < -0.39 is 21.8 Å². The molecule has 5 nitrogen and oxygen atoms in total. The highest BCUT2D eigenvalue weighted by Gasteiger charge is 2.32. The molecule has 0 spiro atoms. The van der Waals surface area contributed by atoms with Crippen LogP contribution in [0.2, 0.25) is 0 Å². The van der Waals surface area contributed by atoms with E-state index >= 15 is 0 Å². The van der Waals surface area contributed by atoms with Crippen LogP contribution in [0, 0.1) is 0 Å². The number of rotatable bonds is 4. The molecule has 0 atom stereocenters. The molecule has 2 aliphatic rings. The zero-order valence-corrected chi connectivity index (χ0v) is 17.7. The van der Waals surface area contributed by atoms with Gasteiger partial charge in [0.25, 0.3) is 0 Å². The number of halogens is 3. The van der Waals surface area contributed by atoms with Crippen LogP contribution < -0.4 is 4.90 Å². The average Bonchev–Trinajstić information content (AvgIpc) is 3.17. The van der Waals surface area contributed by atoms with Crippen LogP contribution in [-0.4, -0.2) is 38.3 Å². The Morgan fingerprint density at radius 3 is 2.42 bits per heavy atom. The van der Waals surface area contributed by atoms with Crippen LogP contribution in [0.3, 0.4) is 0 Å². The van der Waals surface area contributed by atoms with E-state index in [0.717, 1.165) is 37.0 Å². The Hall–Kier alpha value is -2.39. The van der Waals surface area contributed by atoms with Crippen molar-refractivity contribution in [2.24, 2.45) is 0 Å². The first-order valence-electron chi connectivity index (χ1n) is 10.3. The van der Waals surface area contributed by atoms with Gasteiger partial charge in [-0.2, -0.15) is 17.5 Å². The monoisotopic (exact) mass is 452 g/mol. The van der Waals surface area contributed by atoms with E-state index in [-0.39, 0.29) is 22.8 Å². The van der Waals surface area contributed by atoms with Crippen molar-refractivity contribution in [1.82, 2.24) is 4.31 Å². The summed E-state index contributed by atoms with van der Waals surface area (Å²) in [6.45, 7) is 1.41. The minimum Gasteiger partial charge on any atom is -0.312 e. The van der Waals surface area contributed by atoms with E-state index in [0.29, 0.717) is 31.7 Å². The first-order chi connectivity index (χ1) is 14.7. The number of sulfonamides is 1. The Balaban J connectivity index is 1.52. The summed E-state index contributed by atoms with van der Waals surface area (Å²) in [6, 6.07) is 9.52. The quantitative estimate of drug-likeness (QED) is 0.704. The predicted molar refractivity (Wildman–Crippen MR) is 110 cm³/mol. The Bertz CT molecular complexity index is 1090. The molecule has 2 aliphatic heterocycles. The van der Waals surface area contributed by atoms with Crippen molar-refractivity contribution in [3.05, 3.63) is 59.2 Å². The number of fused-ring (bicyclic) bond motifs is 1. The standard InChI is InChI=1S/C22H23F3N2O3S/c23-22(24,25)18-6-4-5-16(13-18)14-21(28)27-12-9-17-15-19(7-8-20(17)27)31(29,30)26-10-2-1-3-11-26/h4-8,13,15H,1-3,9-12,14H2. The van der Waals surface area contributed by atoms with Gasteiger partial charge in [-0.1, -0.05) is 24.6 Å². The summed E-state index contributed by atoms with van der Waals surface area (Å²) in [5.74, 6) is -0.315. The van der Waals surface area contributed by atoms with Gasteiger partial charge >= 0.3 is 6.18 Å². The van der Waals surface area contributed by atoms with Crippen molar-refractivity contribution >= 4 is 21.6 Å². The van der Waals surface area contributed by atoms with Crippen molar-refractivity contribution in [2.75, 3.05) is 24.5 Å². The molecule has 0 aliphatic carbocycles. The number of hydrogen-bond donors (Lipinski definition) is 0. The lowest BCUT2D eigenvalue weighted by molar-refractivity contribution is -0.137. The molecule has 1 amide bonds. The number of hydrogen-bond acceptors (Lipinski definition) is 3. The van der Waals surface area contributed by atoms with Gasteiger partial charge in [0, 0.05) is 25.3 Å². The van der Waals surface area contributed by atoms with E-state index in [1.165, 1.54) is 27.4 Å². The van der Waals surface area contributed by atoms with E-state index in [2.05, 4.69) is 0 Å². The first-order valence-corrected chi connectivity index (χ1v) is 11.7. The average molecular weight is 452 g/mol. The molecule has 0 radical (unpaired) electrons. The van der Waals surface area contributed by atoms with Crippen molar-refractivity contribution in [1.29, 1.82) is 0 Å². The van der Waals surface area contributed by atoms with Gasteiger partial charge in [-0.05, 0) is 54.7 Å². The van der Waals surface area contributed by atoms with E-state index in [1.807, 2.05) is 0 Å². The molecule has 0 saturated carbocycles. The largest absolute Gasteiger partial charge is 0.416 e. The Morgan fingerprint density at radius 2 is 1.71 bits per heavy atom. The molecule has 4 rings (SSSR count). The van der Waals surface area contributed by atoms with Gasteiger partial charge in [0.1, 0.15) is 0 Å². The van der Waals surface area contributed by atoms with Crippen molar-refractivity contribution in [3.63, 3.8) is 0 Å². The minimum atomic E-state index is -4.46. The summed E-state index contributed by atoms with van der Waals surface area (Å²) in [5, 5.41) is 0. The molecule has 9 heteroatoms. The molecular formula is C22H23F3N2O3S. The van der Waals surface area contributed by atoms with Crippen molar-refractivity contribution < 1.29 is 26.4 Å². The zero-order valence-electron chi connectivity index (χ0n) is 16.9. The molecule has 0 aromatic heterocycles. The van der Waals surface area contributed by atoms with Gasteiger partial charge in [0.05, 0.1) is 16.9 Å². The lowest BCUT2D eigenvalue weighted by Crippen LogP contribution is -2.35. The summed E-state index contributed by atoms with van der Waals surface area (Å²) in [6.07, 6.45) is -1.39. The van der Waals surface area contributed by atoms with Gasteiger partial charge in [0.15, 0.2) is 0 Å². The number of anilines is 1. The topological polar surface area (TPSA) is 57.7 Å². The minimum absolute atomic E-state index is 0.156. The van der Waals surface area contributed by atoms with Crippen molar-refractivity contribution in [3.8, 4) is 0 Å². The fraction of sp³-hybridized carbons (Fsp3) is 0.409. The van der Waals surface area contributed by atoms with Crippen LogP contribution in [0.25, 0.3) is 0 Å². The number of piperidine rings is 1. The van der Waals surface area contributed by atoms with Crippen LogP contribution in [-0.2, 0) is 33.8 Å². The smallest absolute Gasteiger partial charge is 0.312 e. The van der Waals surface area contributed by atoms with Crippen LogP contribution in [0.4, 0.5) is 18.9 Å². The van der Waals surface area contributed by atoms with Crippen LogP contribution in [0.5, 0.6) is 0 Å². The third-order valence-electron chi connectivity index (χ3n) is 5.81. The fourth-order valence-electron chi connectivity index (χ4n) is 4.18. The van der Waals surface area contributed by atoms with Gasteiger partial charge in [-0.25, -0.2) is 8.42 Å². The second-order valence-electron chi connectivity index (χ2n) is 7.93. The molecule has 0 bridgehead atoms. The molecule has 2 aromatic carbocycles. The van der Waals surface area contributed by atoms with E-state index in [9.17, 15) is 26.4 Å². The molecule has 2 aromatic rings. The van der Waals surface area contributed by atoms with E-state index in [1.54, 1.807) is 12.1 Å². The molecular weight excluding hydrogens is 429 g/mol. The lowest BCUT2D eigenvalue weighted by Gasteiger charge is -2.26. The number of alkyl halides is 3. The van der Waals surface area contributed by atoms with Crippen LogP contribution in [0.15, 0.2) is 47.4 Å². The second-order valence-corrected chi connectivity index (χ2v) is 9.86. The highest BCUT2D eigenvalue weighted by atomic mass is 32.2. The molecule has 1 fully saturated rings. The van der Waals surface area contributed by atoms with Gasteiger partial charge < -0.3 is 4.90 Å². The number of carbonyl (C=O) groups is 1. The summed E-state index contributed by atoms with van der Waals surface area (Å²) in [5.41, 5.74) is 0.884. The van der Waals surface area contributed by atoms with Crippen LogP contribution in [0.1, 0.15) is 36.0 Å². The van der Waals surface area contributed by atoms with E-state index in [4.69, 9.17) is 0 Å². The van der Waals surface area contributed by atoms with Gasteiger partial charge in [-0.15, -0.1) is 0 Å². The number of benzene rings is 2. The molecule has 1 saturated heterocycles. The van der Waals surface area contributed by atoms with Gasteiger partial charge in [0.2, 0.25) is 15.9 Å². The molecule has 0 N–H and O–H groups in total. The Morgan fingerprint density at radius 1 is 0.968 bits per heavy atom. The summed E-state index contributed by atoms with van der Waals surface area (Å²) in [7, 11) is -3.57. The van der Waals surface area contributed by atoms with Gasteiger partial charge in [-0.3, -0.25) is 4.79 Å². The SMILES string of the molecule is O=C(Cc1cccc(C(F)(F)F)c1)N1CCc2cc(S(=O)(=O)N3CCCCC3)ccc21. The summed E-state index contributed by atoms with van der Waals surface area (Å²) in [4.78, 5) is 14.5. The zero-order chi connectivity index (χ0) is 22.2. The van der Waals surface area contributed by atoms with Crippen LogP contribution >= 0.6 is 0 Å². The maximum absolute atomic E-state index is 12.9. The number of carbonyl (C=O) groups excluding carboxylic acids is 1. The summed E-state index contributed by atoms with van der Waals surface area (Å²) >= 11 is 0. The fourth-order valence-corrected chi connectivity index (χ4v) is 5.75. The highest BCUT2D eigenvalue weighted by molar-refractivity contribution is 7.89. The summed E-state index contributed by atoms with van der Waals surface area (Å²) < 4.78 is 66.1. The predicted octanol–water partition coefficient (Wildman–Crippen LogP) is 4.01. The number of nitrogens with zero attached hydrogens (tertiary/aromatic N) is 2. The molecule has 166 valence electrons. The second kappa shape index (κ2) is 8.27. The maximum Gasteiger partial charge on any atom is 0.416 e. The Kier molecular flexibility index (Phi) is 5.83. The first kappa shape index (κ1) is 21.8. The number of amides is 1. The lowest BCUT2D eigenvalue weighted by atomic mass is 10.1. The Labute approximate surface area is 179 Å².